The number of terminal acetylenes is 1. The number of fused-ring (bicyclic) bond motifs is 1. The van der Waals surface area contributed by atoms with E-state index in [1.807, 2.05) is 0 Å². The average Bonchev–Trinajstić information content (AvgIpc) is 2.73. The number of ether oxygens (including phenoxy) is 1. The molecule has 0 aliphatic rings. The van der Waals surface area contributed by atoms with Gasteiger partial charge in [0, 0.05) is 5.39 Å². The van der Waals surface area contributed by atoms with E-state index in [-0.39, 0.29) is 10.8 Å². The molecule has 18 heavy (non-hydrogen) atoms. The smallest absolute Gasteiger partial charge is 0.341 e. The first-order valence-electron chi connectivity index (χ1n) is 4.98. The van der Waals surface area contributed by atoms with E-state index in [2.05, 4.69) is 11.1 Å². The Hall–Kier alpha value is -2.19. The minimum Gasteiger partial charge on any atom is -0.480 e. The molecule has 0 amide bonds. The van der Waals surface area contributed by atoms with Gasteiger partial charge in [-0.15, -0.1) is 12.3 Å². The Bertz CT molecular complexity index is 641. The molecule has 0 saturated carbocycles. The van der Waals surface area contributed by atoms with Crippen LogP contribution in [0.3, 0.4) is 0 Å². The van der Waals surface area contributed by atoms with E-state index in [0.717, 1.165) is 0 Å². The maximum atomic E-state index is 10.4. The van der Waals surface area contributed by atoms with E-state index in [1.54, 1.807) is 12.1 Å². The van der Waals surface area contributed by atoms with Crippen molar-refractivity contribution in [1.29, 1.82) is 0 Å². The lowest BCUT2D eigenvalue weighted by Gasteiger charge is -2.04. The van der Waals surface area contributed by atoms with Gasteiger partial charge in [-0.05, 0) is 12.1 Å². The normalized spacial score (nSPS) is 10.2. The number of halogens is 1. The van der Waals surface area contributed by atoms with Gasteiger partial charge in [-0.25, -0.2) is 4.79 Å². The van der Waals surface area contributed by atoms with Gasteiger partial charge in [0.2, 0.25) is 0 Å². The van der Waals surface area contributed by atoms with Crippen molar-refractivity contribution in [3.05, 3.63) is 22.8 Å². The molecule has 1 aromatic heterocycles. The van der Waals surface area contributed by atoms with Gasteiger partial charge in [0.05, 0.1) is 6.42 Å². The molecule has 0 unspecified atom stereocenters. The first-order chi connectivity index (χ1) is 8.63. The summed E-state index contributed by atoms with van der Waals surface area (Å²) in [7, 11) is 0. The van der Waals surface area contributed by atoms with Crippen LogP contribution in [0.5, 0.6) is 5.75 Å². The van der Waals surface area contributed by atoms with Crippen molar-refractivity contribution in [3.8, 4) is 18.1 Å². The van der Waals surface area contributed by atoms with Crippen LogP contribution in [0.25, 0.3) is 11.0 Å². The summed E-state index contributed by atoms with van der Waals surface area (Å²) in [6.07, 6.45) is 5.54. The third kappa shape index (κ3) is 2.24. The second kappa shape index (κ2) is 4.98. The fraction of sp³-hybridized carbons (Fsp3) is 0.167. The summed E-state index contributed by atoms with van der Waals surface area (Å²) in [6.45, 7) is -0.476. The van der Waals surface area contributed by atoms with Crippen LogP contribution in [0.1, 0.15) is 5.69 Å². The number of hydrogen-bond donors (Lipinski definition) is 1. The van der Waals surface area contributed by atoms with Crippen LogP contribution in [0.15, 0.2) is 16.7 Å². The quantitative estimate of drug-likeness (QED) is 0.857. The second-order valence-corrected chi connectivity index (χ2v) is 3.82. The number of carboxylic acids is 1. The Morgan fingerprint density at radius 2 is 2.39 bits per heavy atom. The molecule has 0 radical (unpaired) electrons. The average molecular weight is 266 g/mol. The van der Waals surface area contributed by atoms with E-state index in [1.165, 1.54) is 0 Å². The van der Waals surface area contributed by atoms with E-state index < -0.39 is 12.6 Å². The van der Waals surface area contributed by atoms with Gasteiger partial charge in [0.1, 0.15) is 16.5 Å². The summed E-state index contributed by atoms with van der Waals surface area (Å²) in [5, 5.41) is 13.2. The molecule has 1 aromatic carbocycles. The van der Waals surface area contributed by atoms with Crippen molar-refractivity contribution >= 4 is 28.5 Å². The van der Waals surface area contributed by atoms with Crippen LogP contribution in [-0.4, -0.2) is 22.8 Å². The molecule has 0 aliphatic heterocycles. The third-order valence-electron chi connectivity index (χ3n) is 2.24. The molecule has 0 fully saturated rings. The van der Waals surface area contributed by atoms with Gasteiger partial charge >= 0.3 is 5.97 Å². The predicted octanol–water partition coefficient (Wildman–Crippen LogP) is 2.12. The number of hydrogen-bond acceptors (Lipinski definition) is 4. The highest BCUT2D eigenvalue weighted by Gasteiger charge is 2.15. The van der Waals surface area contributed by atoms with Crippen molar-refractivity contribution in [1.82, 2.24) is 5.16 Å². The van der Waals surface area contributed by atoms with Crippen molar-refractivity contribution in [2.75, 3.05) is 6.61 Å². The second-order valence-electron chi connectivity index (χ2n) is 3.45. The molecule has 5 nitrogen and oxygen atoms in total. The fourth-order valence-corrected chi connectivity index (χ4v) is 1.73. The lowest BCUT2D eigenvalue weighted by Crippen LogP contribution is -2.09. The zero-order valence-corrected chi connectivity index (χ0v) is 9.90. The molecular formula is C12H8ClNO4. The highest BCUT2D eigenvalue weighted by molar-refractivity contribution is 6.36. The highest BCUT2D eigenvalue weighted by atomic mass is 35.5. The van der Waals surface area contributed by atoms with Gasteiger partial charge < -0.3 is 14.4 Å². The molecule has 2 rings (SSSR count). The number of aliphatic carboxylic acids is 1. The maximum absolute atomic E-state index is 10.4. The molecule has 0 aliphatic carbocycles. The molecule has 0 saturated heterocycles. The monoisotopic (exact) mass is 265 g/mol. The number of nitrogens with zero attached hydrogens (tertiary/aromatic N) is 1. The van der Waals surface area contributed by atoms with Gasteiger partial charge in [-0.1, -0.05) is 16.8 Å². The molecule has 92 valence electrons. The summed E-state index contributed by atoms with van der Waals surface area (Å²) < 4.78 is 10.1. The Morgan fingerprint density at radius 1 is 1.61 bits per heavy atom. The Balaban J connectivity index is 2.39. The molecule has 0 bridgehead atoms. The zero-order valence-electron chi connectivity index (χ0n) is 9.14. The van der Waals surface area contributed by atoms with Gasteiger partial charge in [-0.3, -0.25) is 0 Å². The number of aromatic nitrogens is 1. The largest absolute Gasteiger partial charge is 0.480 e. The Kier molecular flexibility index (Phi) is 3.40. The topological polar surface area (TPSA) is 72.6 Å². The van der Waals surface area contributed by atoms with Crippen LogP contribution in [-0.2, 0) is 11.2 Å². The van der Waals surface area contributed by atoms with E-state index in [4.69, 9.17) is 32.4 Å². The van der Waals surface area contributed by atoms with Crippen molar-refractivity contribution in [2.45, 2.75) is 6.42 Å². The summed E-state index contributed by atoms with van der Waals surface area (Å²) in [4.78, 5) is 10.4. The molecule has 0 atom stereocenters. The number of benzene rings is 1. The number of carbonyl (C=O) groups is 1. The summed E-state index contributed by atoms with van der Waals surface area (Å²) in [5.41, 5.74) is 0.948. The minimum absolute atomic E-state index is 0.185. The summed E-state index contributed by atoms with van der Waals surface area (Å²) in [6, 6.07) is 3.24. The van der Waals surface area contributed by atoms with E-state index >= 15 is 0 Å². The van der Waals surface area contributed by atoms with Crippen LogP contribution in [0, 0.1) is 12.3 Å². The first-order valence-corrected chi connectivity index (χ1v) is 5.36. The third-order valence-corrected chi connectivity index (χ3v) is 2.60. The molecule has 0 spiro atoms. The van der Waals surface area contributed by atoms with Crippen molar-refractivity contribution < 1.29 is 19.2 Å². The van der Waals surface area contributed by atoms with Crippen LogP contribution < -0.4 is 4.74 Å². The molecular weight excluding hydrogens is 258 g/mol. The lowest BCUT2D eigenvalue weighted by atomic mass is 10.2. The van der Waals surface area contributed by atoms with E-state index in [9.17, 15) is 4.79 Å². The standard InChI is InChI=1S/C12H8ClNO4/c1-2-3-8-7-4-5-9(17-6-10(15)16)11(13)12(7)18-14-8/h1,4-5H,3,6H2,(H,15,16). The molecule has 6 heteroatoms. The predicted molar refractivity (Wildman–Crippen MR) is 64.7 cm³/mol. The highest BCUT2D eigenvalue weighted by Crippen LogP contribution is 2.34. The zero-order chi connectivity index (χ0) is 13.1. The van der Waals surface area contributed by atoms with Crippen LogP contribution >= 0.6 is 11.6 Å². The fourth-order valence-electron chi connectivity index (χ4n) is 1.48. The Labute approximate surface area is 107 Å². The van der Waals surface area contributed by atoms with Gasteiger partial charge in [0.15, 0.2) is 12.2 Å². The summed E-state index contributed by atoms with van der Waals surface area (Å²) in [5.74, 6) is 1.61. The lowest BCUT2D eigenvalue weighted by molar-refractivity contribution is -0.139. The molecule has 2 aromatic rings. The molecule has 1 N–H and O–H groups in total. The Morgan fingerprint density at radius 3 is 3.06 bits per heavy atom. The van der Waals surface area contributed by atoms with Crippen LogP contribution in [0.4, 0.5) is 0 Å². The van der Waals surface area contributed by atoms with Gasteiger partial charge in [-0.2, -0.15) is 0 Å². The number of carboxylic acid groups (broad SMARTS) is 1. The van der Waals surface area contributed by atoms with Crippen LogP contribution in [0.2, 0.25) is 5.02 Å². The number of rotatable bonds is 4. The maximum Gasteiger partial charge on any atom is 0.341 e. The first kappa shape index (κ1) is 12.3. The summed E-state index contributed by atoms with van der Waals surface area (Å²) >= 11 is 6.04. The van der Waals surface area contributed by atoms with Crippen molar-refractivity contribution in [3.63, 3.8) is 0 Å². The van der Waals surface area contributed by atoms with E-state index in [0.29, 0.717) is 23.1 Å². The molecule has 1 heterocycles. The van der Waals surface area contributed by atoms with Crippen molar-refractivity contribution in [2.24, 2.45) is 0 Å². The SMILES string of the molecule is C#CCc1noc2c(Cl)c(OCC(=O)O)ccc12. The van der Waals surface area contributed by atoms with Gasteiger partial charge in [0.25, 0.3) is 0 Å². The minimum atomic E-state index is -1.09.